The molecule has 0 saturated heterocycles. The molecule has 0 aromatic heterocycles. The zero-order chi connectivity index (χ0) is 31.0. The summed E-state index contributed by atoms with van der Waals surface area (Å²) in [5.41, 5.74) is 16.7. The zero-order valence-electron chi connectivity index (χ0n) is 26.8. The fourth-order valence-electron chi connectivity index (χ4n) is 8.33. The summed E-state index contributed by atoms with van der Waals surface area (Å²) >= 11 is 0. The van der Waals surface area contributed by atoms with Crippen molar-refractivity contribution in [2.45, 2.75) is 50.9 Å². The zero-order valence-corrected chi connectivity index (χ0v) is 26.8. The third-order valence-electron chi connectivity index (χ3n) is 10.3. The Bertz CT molecular complexity index is 2030. The average Bonchev–Trinajstić information content (AvgIpc) is 3.49. The topological polar surface area (TPSA) is 12.0 Å². The molecule has 0 radical (unpaired) electrons. The minimum atomic E-state index is -0.381. The van der Waals surface area contributed by atoms with Crippen LogP contribution < -0.4 is 5.32 Å². The highest BCUT2D eigenvalue weighted by Crippen LogP contribution is 2.57. The van der Waals surface area contributed by atoms with Crippen LogP contribution in [0.3, 0.4) is 0 Å². The normalized spacial score (nSPS) is 15.1. The van der Waals surface area contributed by atoms with Gasteiger partial charge in [-0.1, -0.05) is 156 Å². The second kappa shape index (κ2) is 9.81. The maximum Gasteiger partial charge on any atom is 0.0713 e. The molecule has 0 aliphatic heterocycles. The Morgan fingerprint density at radius 2 is 1.02 bits per heavy atom. The molecule has 220 valence electrons. The van der Waals surface area contributed by atoms with E-state index >= 15 is 0 Å². The van der Waals surface area contributed by atoms with E-state index in [0.29, 0.717) is 0 Å². The van der Waals surface area contributed by atoms with Crippen molar-refractivity contribution in [2.24, 2.45) is 0 Å². The van der Waals surface area contributed by atoms with E-state index < -0.39 is 0 Å². The Balaban J connectivity index is 1.25. The van der Waals surface area contributed by atoms with Gasteiger partial charge in [-0.2, -0.15) is 0 Å². The molecule has 1 nitrogen and oxygen atoms in total. The molecule has 0 unspecified atom stereocenters. The molecule has 0 bridgehead atoms. The lowest BCUT2D eigenvalue weighted by atomic mass is 9.68. The van der Waals surface area contributed by atoms with Crippen molar-refractivity contribution in [1.82, 2.24) is 0 Å². The monoisotopic (exact) mass is 581 g/mol. The third-order valence-corrected chi connectivity index (χ3v) is 10.3. The van der Waals surface area contributed by atoms with Crippen LogP contribution in [0.5, 0.6) is 0 Å². The van der Waals surface area contributed by atoms with Crippen molar-refractivity contribution < 1.29 is 0 Å². The lowest BCUT2D eigenvalue weighted by Gasteiger charge is -2.34. The molecule has 0 atom stereocenters. The van der Waals surface area contributed by atoms with Crippen molar-refractivity contribution in [3.63, 3.8) is 0 Å². The highest BCUT2D eigenvalue weighted by molar-refractivity contribution is 5.90. The Kier molecular flexibility index (Phi) is 6.03. The van der Waals surface area contributed by atoms with Gasteiger partial charge >= 0.3 is 0 Å². The van der Waals surface area contributed by atoms with E-state index in [1.165, 1.54) is 66.9 Å². The van der Waals surface area contributed by atoms with Gasteiger partial charge in [-0.15, -0.1) is 0 Å². The fourth-order valence-corrected chi connectivity index (χ4v) is 8.33. The van der Waals surface area contributed by atoms with Crippen LogP contribution in [-0.4, -0.2) is 0 Å². The van der Waals surface area contributed by atoms with Crippen molar-refractivity contribution in [3.05, 3.63) is 178 Å². The van der Waals surface area contributed by atoms with Gasteiger partial charge in [0.1, 0.15) is 0 Å². The van der Waals surface area contributed by atoms with Gasteiger partial charge < -0.3 is 5.32 Å². The maximum atomic E-state index is 3.86. The van der Waals surface area contributed by atoms with Crippen LogP contribution in [0.15, 0.2) is 140 Å². The SMILES string of the molecule is CC(C)(C)c1cccc2c1-c1cccc(Nc3ccc(C4(c5ccccc5)c5ccccc5-c5ccccc54)cc3)c1C2(C)C. The van der Waals surface area contributed by atoms with E-state index in [2.05, 4.69) is 179 Å². The van der Waals surface area contributed by atoms with Crippen LogP contribution in [0, 0.1) is 0 Å². The second-order valence-electron chi connectivity index (χ2n) is 14.2. The predicted molar refractivity (Wildman–Crippen MR) is 190 cm³/mol. The van der Waals surface area contributed by atoms with Crippen LogP contribution >= 0.6 is 0 Å². The lowest BCUT2D eigenvalue weighted by molar-refractivity contribution is 0.589. The van der Waals surface area contributed by atoms with Crippen LogP contribution in [-0.2, 0) is 16.2 Å². The summed E-state index contributed by atoms with van der Waals surface area (Å²) in [5, 5.41) is 3.86. The molecule has 1 heteroatoms. The van der Waals surface area contributed by atoms with E-state index in [1.54, 1.807) is 0 Å². The highest BCUT2D eigenvalue weighted by atomic mass is 14.9. The summed E-state index contributed by atoms with van der Waals surface area (Å²) in [5.74, 6) is 0. The first-order valence-electron chi connectivity index (χ1n) is 16.1. The fraction of sp³-hybridized carbons (Fsp3) is 0.182. The molecule has 6 aromatic carbocycles. The van der Waals surface area contributed by atoms with E-state index in [0.717, 1.165) is 5.69 Å². The maximum absolute atomic E-state index is 3.86. The number of rotatable bonds is 4. The smallest absolute Gasteiger partial charge is 0.0713 e. The van der Waals surface area contributed by atoms with Gasteiger partial charge in [0.25, 0.3) is 0 Å². The van der Waals surface area contributed by atoms with Crippen molar-refractivity contribution in [2.75, 3.05) is 5.32 Å². The summed E-state index contributed by atoms with van der Waals surface area (Å²) in [4.78, 5) is 0. The van der Waals surface area contributed by atoms with Gasteiger partial charge in [-0.25, -0.2) is 0 Å². The molecule has 2 aliphatic rings. The minimum absolute atomic E-state index is 0.0640. The Hall–Kier alpha value is -4.88. The molecule has 0 saturated carbocycles. The summed E-state index contributed by atoms with van der Waals surface area (Å²) < 4.78 is 0. The summed E-state index contributed by atoms with van der Waals surface area (Å²) in [7, 11) is 0. The number of fused-ring (bicyclic) bond motifs is 6. The van der Waals surface area contributed by atoms with E-state index in [1.807, 2.05) is 0 Å². The van der Waals surface area contributed by atoms with Crippen LogP contribution in [0.2, 0.25) is 0 Å². The number of hydrogen-bond donors (Lipinski definition) is 1. The Morgan fingerprint density at radius 1 is 0.489 bits per heavy atom. The molecule has 0 spiro atoms. The van der Waals surface area contributed by atoms with Gasteiger partial charge in [-0.3, -0.25) is 0 Å². The second-order valence-corrected chi connectivity index (χ2v) is 14.2. The third kappa shape index (κ3) is 3.93. The molecular formula is C44H39N. The first kappa shape index (κ1) is 27.7. The van der Waals surface area contributed by atoms with E-state index in [9.17, 15) is 0 Å². The minimum Gasteiger partial charge on any atom is -0.355 e. The Morgan fingerprint density at radius 3 is 1.67 bits per heavy atom. The predicted octanol–water partition coefficient (Wildman–Crippen LogP) is 11.4. The van der Waals surface area contributed by atoms with Crippen molar-refractivity contribution >= 4 is 11.4 Å². The van der Waals surface area contributed by atoms with Gasteiger partial charge in [0.15, 0.2) is 0 Å². The number of anilines is 2. The number of benzene rings is 6. The first-order valence-corrected chi connectivity index (χ1v) is 16.1. The first-order chi connectivity index (χ1) is 21.7. The molecule has 6 aromatic rings. The molecule has 1 N–H and O–H groups in total. The van der Waals surface area contributed by atoms with Crippen molar-refractivity contribution in [3.8, 4) is 22.3 Å². The summed E-state index contributed by atoms with van der Waals surface area (Å²) in [6.07, 6.45) is 0. The molecular weight excluding hydrogens is 542 g/mol. The average molecular weight is 582 g/mol. The molecule has 0 heterocycles. The van der Waals surface area contributed by atoms with E-state index in [4.69, 9.17) is 0 Å². The molecule has 45 heavy (non-hydrogen) atoms. The largest absolute Gasteiger partial charge is 0.355 e. The van der Waals surface area contributed by atoms with Crippen LogP contribution in [0.25, 0.3) is 22.3 Å². The van der Waals surface area contributed by atoms with Gasteiger partial charge in [-0.05, 0) is 84.8 Å². The number of nitrogens with one attached hydrogen (secondary N) is 1. The van der Waals surface area contributed by atoms with E-state index in [-0.39, 0.29) is 16.2 Å². The van der Waals surface area contributed by atoms with Crippen LogP contribution in [0.1, 0.15) is 73.6 Å². The summed E-state index contributed by atoms with van der Waals surface area (Å²) in [6.45, 7) is 11.7. The van der Waals surface area contributed by atoms with Gasteiger partial charge in [0, 0.05) is 16.8 Å². The van der Waals surface area contributed by atoms with Gasteiger partial charge in [0.2, 0.25) is 0 Å². The van der Waals surface area contributed by atoms with Crippen molar-refractivity contribution in [1.29, 1.82) is 0 Å². The quantitative estimate of drug-likeness (QED) is 0.218. The molecule has 0 fully saturated rings. The Labute approximate surface area is 267 Å². The lowest BCUT2D eigenvalue weighted by Crippen LogP contribution is -2.28. The molecule has 0 amide bonds. The highest BCUT2D eigenvalue weighted by Gasteiger charge is 2.46. The summed E-state index contributed by atoms with van der Waals surface area (Å²) in [6, 6.07) is 51.7. The molecule has 2 aliphatic carbocycles. The van der Waals surface area contributed by atoms with Crippen LogP contribution in [0.4, 0.5) is 11.4 Å². The van der Waals surface area contributed by atoms with Gasteiger partial charge in [0.05, 0.1) is 5.41 Å². The molecule has 8 rings (SSSR count). The standard InChI is InChI=1S/C44H39N/c1-42(2,3)37-22-14-23-38-40(37)34-19-13-24-39(41(34)43(38,4)5)45-31-27-25-30(26-28-31)44(29-15-7-6-8-16-29)35-20-11-9-17-32(35)33-18-10-12-21-36(33)44/h6-28,45H,1-5H3. The number of hydrogen-bond acceptors (Lipinski definition) is 1.